The van der Waals surface area contributed by atoms with Crippen molar-refractivity contribution in [1.29, 1.82) is 0 Å². The largest absolute Gasteiger partial charge is 0.313 e. The Kier molecular flexibility index (Phi) is 4.68. The average molecular weight is 258 g/mol. The Bertz CT molecular complexity index is 531. The molecule has 0 spiro atoms. The molecule has 2 aromatic rings. The lowest BCUT2D eigenvalue weighted by Gasteiger charge is -2.07. The van der Waals surface area contributed by atoms with Crippen LogP contribution >= 0.6 is 0 Å². The standard InChI is InChI=1S/C15H22N4/c1-4-13-10-14(5-2)19(18-13)15-9-12(7-8-17-15)11-16-6-3/h7-10,16H,4-6,11H2,1-3H3. The molecule has 0 bridgehead atoms. The molecule has 1 N–H and O–H groups in total. The van der Waals surface area contributed by atoms with Gasteiger partial charge >= 0.3 is 0 Å². The smallest absolute Gasteiger partial charge is 0.153 e. The monoisotopic (exact) mass is 258 g/mol. The molecule has 2 rings (SSSR count). The summed E-state index contributed by atoms with van der Waals surface area (Å²) in [7, 11) is 0. The number of nitrogens with zero attached hydrogens (tertiary/aromatic N) is 3. The predicted molar refractivity (Wildman–Crippen MR) is 77.5 cm³/mol. The van der Waals surface area contributed by atoms with Crippen LogP contribution in [0.3, 0.4) is 0 Å². The first kappa shape index (κ1) is 13.7. The van der Waals surface area contributed by atoms with Crippen molar-refractivity contribution in [1.82, 2.24) is 20.1 Å². The molecule has 0 radical (unpaired) electrons. The van der Waals surface area contributed by atoms with E-state index in [9.17, 15) is 0 Å². The molecule has 2 aromatic heterocycles. The third kappa shape index (κ3) is 3.20. The second kappa shape index (κ2) is 6.48. The van der Waals surface area contributed by atoms with Crippen molar-refractivity contribution in [3.63, 3.8) is 0 Å². The van der Waals surface area contributed by atoms with Crippen LogP contribution in [0.4, 0.5) is 0 Å². The quantitative estimate of drug-likeness (QED) is 0.865. The maximum absolute atomic E-state index is 4.62. The summed E-state index contributed by atoms with van der Waals surface area (Å²) in [6.07, 6.45) is 3.78. The zero-order chi connectivity index (χ0) is 13.7. The van der Waals surface area contributed by atoms with E-state index in [-0.39, 0.29) is 0 Å². The van der Waals surface area contributed by atoms with Gasteiger partial charge in [0.25, 0.3) is 0 Å². The predicted octanol–water partition coefficient (Wildman–Crippen LogP) is 2.50. The van der Waals surface area contributed by atoms with Crippen LogP contribution in [0.25, 0.3) is 5.82 Å². The van der Waals surface area contributed by atoms with Crippen molar-refractivity contribution in [2.45, 2.75) is 40.2 Å². The second-order valence-corrected chi connectivity index (χ2v) is 4.55. The molecule has 4 nitrogen and oxygen atoms in total. The molecule has 19 heavy (non-hydrogen) atoms. The summed E-state index contributed by atoms with van der Waals surface area (Å²) >= 11 is 0. The molecule has 2 heterocycles. The Labute approximate surface area is 114 Å². The highest BCUT2D eigenvalue weighted by atomic mass is 15.3. The highest BCUT2D eigenvalue weighted by molar-refractivity contribution is 5.30. The van der Waals surface area contributed by atoms with Crippen LogP contribution in [0, 0.1) is 0 Å². The zero-order valence-electron chi connectivity index (χ0n) is 12.0. The number of aromatic nitrogens is 3. The van der Waals surface area contributed by atoms with Crippen molar-refractivity contribution in [3.05, 3.63) is 41.3 Å². The van der Waals surface area contributed by atoms with E-state index in [0.717, 1.165) is 37.4 Å². The van der Waals surface area contributed by atoms with E-state index in [1.807, 2.05) is 16.9 Å². The van der Waals surface area contributed by atoms with Gasteiger partial charge in [0.15, 0.2) is 5.82 Å². The SMILES string of the molecule is CCNCc1ccnc(-n2nc(CC)cc2CC)c1. The van der Waals surface area contributed by atoms with E-state index in [4.69, 9.17) is 0 Å². The summed E-state index contributed by atoms with van der Waals surface area (Å²) in [6, 6.07) is 6.31. The molecule has 4 heteroatoms. The van der Waals surface area contributed by atoms with E-state index < -0.39 is 0 Å². The van der Waals surface area contributed by atoms with Gasteiger partial charge in [-0.25, -0.2) is 9.67 Å². The average Bonchev–Trinajstić information content (AvgIpc) is 2.89. The van der Waals surface area contributed by atoms with Crippen molar-refractivity contribution in [2.75, 3.05) is 6.54 Å². The summed E-state index contributed by atoms with van der Waals surface area (Å²) in [5.41, 5.74) is 3.57. The lowest BCUT2D eigenvalue weighted by molar-refractivity contribution is 0.720. The Hall–Kier alpha value is -1.68. The van der Waals surface area contributed by atoms with Gasteiger partial charge < -0.3 is 5.32 Å². The minimum absolute atomic E-state index is 0.870. The third-order valence-corrected chi connectivity index (χ3v) is 3.16. The second-order valence-electron chi connectivity index (χ2n) is 4.55. The number of nitrogens with one attached hydrogen (secondary N) is 1. The summed E-state index contributed by atoms with van der Waals surface area (Å²) in [5.74, 6) is 0.909. The summed E-state index contributed by atoms with van der Waals surface area (Å²) < 4.78 is 1.97. The van der Waals surface area contributed by atoms with Gasteiger partial charge in [-0.2, -0.15) is 5.10 Å². The molecule has 102 valence electrons. The molecule has 0 aliphatic heterocycles. The van der Waals surface area contributed by atoms with Gasteiger partial charge in [-0.15, -0.1) is 0 Å². The molecule has 0 fully saturated rings. The number of rotatable bonds is 6. The molecule has 0 aliphatic carbocycles. The van der Waals surface area contributed by atoms with Crippen molar-refractivity contribution < 1.29 is 0 Å². The Morgan fingerprint density at radius 2 is 2.00 bits per heavy atom. The third-order valence-electron chi connectivity index (χ3n) is 3.16. The topological polar surface area (TPSA) is 42.7 Å². The number of aryl methyl sites for hydroxylation is 2. The molecular weight excluding hydrogens is 236 g/mol. The first-order chi connectivity index (χ1) is 9.28. The van der Waals surface area contributed by atoms with Crippen LogP contribution < -0.4 is 5.32 Å². The van der Waals surface area contributed by atoms with Crippen LogP contribution in [0.2, 0.25) is 0 Å². The molecule has 0 unspecified atom stereocenters. The van der Waals surface area contributed by atoms with E-state index >= 15 is 0 Å². The number of hydrogen-bond acceptors (Lipinski definition) is 3. The van der Waals surface area contributed by atoms with Gasteiger partial charge in [0, 0.05) is 18.4 Å². The van der Waals surface area contributed by atoms with Crippen molar-refractivity contribution in [2.24, 2.45) is 0 Å². The maximum Gasteiger partial charge on any atom is 0.153 e. The minimum Gasteiger partial charge on any atom is -0.313 e. The summed E-state index contributed by atoms with van der Waals surface area (Å²) in [4.78, 5) is 4.45. The lowest BCUT2D eigenvalue weighted by Crippen LogP contribution is -2.12. The van der Waals surface area contributed by atoms with Gasteiger partial charge in [-0.1, -0.05) is 20.8 Å². The van der Waals surface area contributed by atoms with Crippen LogP contribution in [0.15, 0.2) is 24.4 Å². The Balaban J connectivity index is 2.32. The molecule has 0 atom stereocenters. The van der Waals surface area contributed by atoms with Gasteiger partial charge in [0.2, 0.25) is 0 Å². The first-order valence-electron chi connectivity index (χ1n) is 7.02. The van der Waals surface area contributed by atoms with Gasteiger partial charge in [0.05, 0.1) is 5.69 Å². The van der Waals surface area contributed by atoms with Gasteiger partial charge in [-0.3, -0.25) is 0 Å². The summed E-state index contributed by atoms with van der Waals surface area (Å²) in [6.45, 7) is 8.23. The molecule has 0 aromatic carbocycles. The summed E-state index contributed by atoms with van der Waals surface area (Å²) in [5, 5.41) is 7.96. The van der Waals surface area contributed by atoms with Gasteiger partial charge in [0.1, 0.15) is 0 Å². The van der Waals surface area contributed by atoms with Crippen LogP contribution in [0.5, 0.6) is 0 Å². The molecule has 0 saturated carbocycles. The highest BCUT2D eigenvalue weighted by Gasteiger charge is 2.08. The minimum atomic E-state index is 0.870. The molecule has 0 aliphatic rings. The van der Waals surface area contributed by atoms with E-state index in [1.165, 1.54) is 11.3 Å². The lowest BCUT2D eigenvalue weighted by atomic mass is 10.2. The van der Waals surface area contributed by atoms with Crippen LogP contribution in [-0.2, 0) is 19.4 Å². The number of hydrogen-bond donors (Lipinski definition) is 1. The maximum atomic E-state index is 4.62. The molecule has 0 saturated heterocycles. The molecular formula is C15H22N4. The van der Waals surface area contributed by atoms with Gasteiger partial charge in [-0.05, 0) is 43.1 Å². The van der Waals surface area contributed by atoms with E-state index in [2.05, 4.69) is 48.3 Å². The Morgan fingerprint density at radius 1 is 1.16 bits per heavy atom. The van der Waals surface area contributed by atoms with Crippen molar-refractivity contribution >= 4 is 0 Å². The zero-order valence-corrected chi connectivity index (χ0v) is 12.0. The molecule has 0 amide bonds. The van der Waals surface area contributed by atoms with E-state index in [1.54, 1.807) is 0 Å². The fourth-order valence-electron chi connectivity index (χ4n) is 2.05. The normalized spacial score (nSPS) is 10.9. The Morgan fingerprint density at radius 3 is 2.68 bits per heavy atom. The van der Waals surface area contributed by atoms with E-state index in [0.29, 0.717) is 0 Å². The first-order valence-corrected chi connectivity index (χ1v) is 7.02. The van der Waals surface area contributed by atoms with Crippen molar-refractivity contribution in [3.8, 4) is 5.82 Å². The van der Waals surface area contributed by atoms with Crippen LogP contribution in [-0.4, -0.2) is 21.3 Å². The fourth-order valence-corrected chi connectivity index (χ4v) is 2.05. The fraction of sp³-hybridized carbons (Fsp3) is 0.467. The number of pyridine rings is 1. The highest BCUT2D eigenvalue weighted by Crippen LogP contribution is 2.13. The van der Waals surface area contributed by atoms with Crippen LogP contribution in [0.1, 0.15) is 37.7 Å².